The molecule has 0 saturated heterocycles. The third-order valence-corrected chi connectivity index (χ3v) is 6.45. The molecular formula is C25H32ClFO. The standard InChI is InChI=1S/C25H32ClFO/c1-3-5-6-7-18-8-10-19(11-9-18)20-12-14-21(15-13-20)22-16-17-23(28-4-2)24(26)25(22)27/h12-19H,3-11H2,1-2H3. The number of rotatable bonds is 8. The lowest BCUT2D eigenvalue weighted by molar-refractivity contribution is 0.303. The lowest BCUT2D eigenvalue weighted by Crippen LogP contribution is -2.13. The number of ether oxygens (including phenoxy) is 1. The zero-order chi connectivity index (χ0) is 19.9. The van der Waals surface area contributed by atoms with Crippen LogP contribution in [0.25, 0.3) is 11.1 Å². The second kappa shape index (κ2) is 10.3. The number of hydrogen-bond donors (Lipinski definition) is 0. The molecule has 0 unspecified atom stereocenters. The summed E-state index contributed by atoms with van der Waals surface area (Å²) in [5.74, 6) is 1.55. The Balaban J connectivity index is 1.64. The van der Waals surface area contributed by atoms with Crippen LogP contribution in [0.5, 0.6) is 5.75 Å². The van der Waals surface area contributed by atoms with Gasteiger partial charge in [-0.05, 0) is 67.7 Å². The smallest absolute Gasteiger partial charge is 0.153 e. The fourth-order valence-corrected chi connectivity index (χ4v) is 4.64. The Labute approximate surface area is 174 Å². The number of benzene rings is 2. The van der Waals surface area contributed by atoms with Crippen molar-refractivity contribution in [1.29, 1.82) is 0 Å². The average molecular weight is 403 g/mol. The molecule has 3 rings (SSSR count). The molecule has 1 aliphatic carbocycles. The van der Waals surface area contributed by atoms with E-state index in [2.05, 4.69) is 19.1 Å². The first-order valence-corrected chi connectivity index (χ1v) is 11.2. The molecule has 2 aromatic rings. The van der Waals surface area contributed by atoms with E-state index < -0.39 is 5.82 Å². The highest BCUT2D eigenvalue weighted by Gasteiger charge is 2.22. The molecule has 0 atom stereocenters. The number of hydrogen-bond acceptors (Lipinski definition) is 1. The van der Waals surface area contributed by atoms with Gasteiger partial charge in [-0.2, -0.15) is 0 Å². The van der Waals surface area contributed by atoms with Gasteiger partial charge in [0.2, 0.25) is 0 Å². The Hall–Kier alpha value is -1.54. The summed E-state index contributed by atoms with van der Waals surface area (Å²) in [6.45, 7) is 4.60. The summed E-state index contributed by atoms with van der Waals surface area (Å²) in [6.07, 6.45) is 10.7. The molecule has 0 amide bonds. The first kappa shape index (κ1) is 21.2. The van der Waals surface area contributed by atoms with Gasteiger partial charge < -0.3 is 4.74 Å². The minimum Gasteiger partial charge on any atom is -0.492 e. The van der Waals surface area contributed by atoms with Crippen LogP contribution in [0.2, 0.25) is 5.02 Å². The summed E-state index contributed by atoms with van der Waals surface area (Å²) in [7, 11) is 0. The predicted octanol–water partition coefficient (Wildman–Crippen LogP) is 8.40. The van der Waals surface area contributed by atoms with Crippen molar-refractivity contribution in [1.82, 2.24) is 0 Å². The third-order valence-electron chi connectivity index (χ3n) is 6.10. The summed E-state index contributed by atoms with van der Waals surface area (Å²) < 4.78 is 20.1. The molecule has 0 aliphatic heterocycles. The van der Waals surface area contributed by atoms with Crippen molar-refractivity contribution in [3.05, 3.63) is 52.8 Å². The number of unbranched alkanes of at least 4 members (excludes halogenated alkanes) is 2. The van der Waals surface area contributed by atoms with Gasteiger partial charge in [-0.3, -0.25) is 0 Å². The molecule has 1 saturated carbocycles. The minimum absolute atomic E-state index is 0.0600. The fourth-order valence-electron chi connectivity index (χ4n) is 4.42. The Morgan fingerprint density at radius 2 is 1.68 bits per heavy atom. The van der Waals surface area contributed by atoms with Crippen LogP contribution < -0.4 is 4.74 Å². The van der Waals surface area contributed by atoms with Crippen molar-refractivity contribution in [3.63, 3.8) is 0 Å². The maximum atomic E-state index is 14.7. The van der Waals surface area contributed by atoms with Gasteiger partial charge in [-0.1, -0.05) is 68.5 Å². The highest BCUT2D eigenvalue weighted by molar-refractivity contribution is 6.32. The summed E-state index contributed by atoms with van der Waals surface area (Å²) in [4.78, 5) is 0. The summed E-state index contributed by atoms with van der Waals surface area (Å²) in [5, 5.41) is 0.0600. The van der Waals surface area contributed by atoms with Gasteiger partial charge >= 0.3 is 0 Å². The minimum atomic E-state index is -0.409. The van der Waals surface area contributed by atoms with Gasteiger partial charge in [0.15, 0.2) is 5.82 Å². The number of halogens is 2. The monoisotopic (exact) mass is 402 g/mol. The molecule has 0 aromatic heterocycles. The molecule has 0 N–H and O–H groups in total. The summed E-state index contributed by atoms with van der Waals surface area (Å²) in [6, 6.07) is 11.9. The van der Waals surface area contributed by atoms with E-state index in [4.69, 9.17) is 16.3 Å². The normalized spacial score (nSPS) is 19.6. The van der Waals surface area contributed by atoms with Gasteiger partial charge in [0.1, 0.15) is 10.8 Å². The topological polar surface area (TPSA) is 9.23 Å². The second-order valence-corrected chi connectivity index (χ2v) is 8.39. The quantitative estimate of drug-likeness (QED) is 0.402. The van der Waals surface area contributed by atoms with Crippen LogP contribution in [0.15, 0.2) is 36.4 Å². The first-order chi connectivity index (χ1) is 13.6. The second-order valence-electron chi connectivity index (χ2n) is 8.01. The summed E-state index contributed by atoms with van der Waals surface area (Å²) in [5.41, 5.74) is 2.77. The first-order valence-electron chi connectivity index (χ1n) is 10.8. The average Bonchev–Trinajstić information content (AvgIpc) is 2.73. The van der Waals surface area contributed by atoms with E-state index in [-0.39, 0.29) is 5.02 Å². The van der Waals surface area contributed by atoms with Crippen LogP contribution in [0, 0.1) is 11.7 Å². The Morgan fingerprint density at radius 3 is 2.32 bits per heavy atom. The lowest BCUT2D eigenvalue weighted by atomic mass is 9.77. The third kappa shape index (κ3) is 5.08. The molecule has 1 nitrogen and oxygen atoms in total. The van der Waals surface area contributed by atoms with Crippen molar-refractivity contribution in [2.75, 3.05) is 6.61 Å². The van der Waals surface area contributed by atoms with Gasteiger partial charge in [0.25, 0.3) is 0 Å². The molecule has 1 aliphatic rings. The highest BCUT2D eigenvalue weighted by atomic mass is 35.5. The molecule has 152 valence electrons. The van der Waals surface area contributed by atoms with Gasteiger partial charge in [0, 0.05) is 5.56 Å². The Kier molecular flexibility index (Phi) is 7.79. The van der Waals surface area contributed by atoms with Gasteiger partial charge in [-0.15, -0.1) is 0 Å². The molecule has 3 heteroatoms. The van der Waals surface area contributed by atoms with Crippen molar-refractivity contribution in [2.24, 2.45) is 5.92 Å². The molecule has 0 heterocycles. The van der Waals surface area contributed by atoms with E-state index in [9.17, 15) is 4.39 Å². The van der Waals surface area contributed by atoms with E-state index >= 15 is 0 Å². The van der Waals surface area contributed by atoms with Crippen LogP contribution >= 0.6 is 11.6 Å². The van der Waals surface area contributed by atoms with E-state index in [1.165, 1.54) is 56.9 Å². The van der Waals surface area contributed by atoms with Crippen LogP contribution in [0.4, 0.5) is 4.39 Å². The molecule has 28 heavy (non-hydrogen) atoms. The summed E-state index contributed by atoms with van der Waals surface area (Å²) >= 11 is 6.14. The van der Waals surface area contributed by atoms with Crippen LogP contribution in [0.1, 0.15) is 76.7 Å². The van der Waals surface area contributed by atoms with Crippen molar-refractivity contribution in [2.45, 2.75) is 71.1 Å². The molecule has 0 radical (unpaired) electrons. The maximum Gasteiger partial charge on any atom is 0.153 e. The largest absolute Gasteiger partial charge is 0.492 e. The van der Waals surface area contributed by atoms with E-state index in [1.54, 1.807) is 12.1 Å². The van der Waals surface area contributed by atoms with Crippen molar-refractivity contribution < 1.29 is 9.13 Å². The maximum absolute atomic E-state index is 14.7. The molecular weight excluding hydrogens is 371 g/mol. The van der Waals surface area contributed by atoms with Crippen molar-refractivity contribution in [3.8, 4) is 16.9 Å². The van der Waals surface area contributed by atoms with Crippen LogP contribution in [-0.4, -0.2) is 6.61 Å². The van der Waals surface area contributed by atoms with Crippen LogP contribution in [-0.2, 0) is 0 Å². The zero-order valence-corrected chi connectivity index (χ0v) is 17.9. The Morgan fingerprint density at radius 1 is 0.964 bits per heavy atom. The SMILES string of the molecule is CCCCCC1CCC(c2ccc(-c3ccc(OCC)c(Cl)c3F)cc2)CC1. The van der Waals surface area contributed by atoms with Gasteiger partial charge in [-0.25, -0.2) is 4.39 Å². The van der Waals surface area contributed by atoms with E-state index in [1.807, 2.05) is 19.1 Å². The van der Waals surface area contributed by atoms with Crippen LogP contribution in [0.3, 0.4) is 0 Å². The van der Waals surface area contributed by atoms with E-state index in [0.717, 1.165) is 11.5 Å². The lowest BCUT2D eigenvalue weighted by Gasteiger charge is -2.29. The van der Waals surface area contributed by atoms with E-state index in [0.29, 0.717) is 23.8 Å². The predicted molar refractivity (Wildman–Crippen MR) is 117 cm³/mol. The fraction of sp³-hybridized carbons (Fsp3) is 0.520. The molecule has 0 bridgehead atoms. The Bertz CT molecular complexity index is 748. The molecule has 0 spiro atoms. The van der Waals surface area contributed by atoms with Crippen molar-refractivity contribution >= 4 is 11.6 Å². The molecule has 1 fully saturated rings. The molecule has 2 aromatic carbocycles. The zero-order valence-electron chi connectivity index (χ0n) is 17.1. The highest BCUT2D eigenvalue weighted by Crippen LogP contribution is 2.39. The van der Waals surface area contributed by atoms with Gasteiger partial charge in [0.05, 0.1) is 6.61 Å².